The fourth-order valence-corrected chi connectivity index (χ4v) is 3.54. The van der Waals surface area contributed by atoms with Gasteiger partial charge in [-0.1, -0.05) is 0 Å². The molecule has 0 atom stereocenters. The highest BCUT2D eigenvalue weighted by Gasteiger charge is 2.16. The predicted molar refractivity (Wildman–Crippen MR) is 86.0 cm³/mol. The van der Waals surface area contributed by atoms with Crippen LogP contribution in [0.15, 0.2) is 11.4 Å². The largest absolute Gasteiger partial charge is 0.369 e. The quantitative estimate of drug-likeness (QED) is 0.878. The van der Waals surface area contributed by atoms with Crippen LogP contribution in [0.3, 0.4) is 0 Å². The number of rotatable bonds is 4. The fourth-order valence-electron chi connectivity index (χ4n) is 2.55. The summed E-state index contributed by atoms with van der Waals surface area (Å²) in [6.45, 7) is 2.35. The number of hydrogen-bond donors (Lipinski definition) is 1. The van der Waals surface area contributed by atoms with Gasteiger partial charge in [0.05, 0.1) is 5.39 Å². The molecule has 0 spiro atoms. The molecule has 1 aliphatic heterocycles. The Kier molecular flexibility index (Phi) is 4.55. The van der Waals surface area contributed by atoms with Crippen LogP contribution in [-0.2, 0) is 4.79 Å². The summed E-state index contributed by atoms with van der Waals surface area (Å²) in [5, 5.41) is 6.35. The van der Waals surface area contributed by atoms with Crippen LogP contribution in [0.4, 0.5) is 5.82 Å². The highest BCUT2D eigenvalue weighted by atomic mass is 35.5. The van der Waals surface area contributed by atoms with Crippen molar-refractivity contribution in [3.05, 3.63) is 16.7 Å². The summed E-state index contributed by atoms with van der Waals surface area (Å²) in [5.74, 6) is 0.918. The molecule has 2 aromatic heterocycles. The molecular formula is C14H17ClN4OS. The molecule has 21 heavy (non-hydrogen) atoms. The molecule has 7 heteroatoms. The number of nitrogens with zero attached hydrogens (tertiary/aromatic N) is 3. The minimum Gasteiger partial charge on any atom is -0.369 e. The smallest absolute Gasteiger partial charge is 0.225 e. The maximum atomic E-state index is 12.1. The van der Waals surface area contributed by atoms with Gasteiger partial charge in [-0.3, -0.25) is 4.79 Å². The number of carbonyl (C=O) groups is 1. The Morgan fingerprint density at radius 2 is 2.14 bits per heavy atom. The van der Waals surface area contributed by atoms with Crippen molar-refractivity contribution < 1.29 is 4.79 Å². The Morgan fingerprint density at radius 1 is 1.33 bits per heavy atom. The monoisotopic (exact) mass is 324 g/mol. The van der Waals surface area contributed by atoms with Crippen molar-refractivity contribution in [2.24, 2.45) is 0 Å². The highest BCUT2D eigenvalue weighted by molar-refractivity contribution is 7.16. The lowest BCUT2D eigenvalue weighted by molar-refractivity contribution is -0.131. The number of thiophene rings is 1. The summed E-state index contributed by atoms with van der Waals surface area (Å²) in [5.41, 5.74) is 0. The Bertz CT molecular complexity index is 639. The van der Waals surface area contributed by atoms with Gasteiger partial charge in [-0.25, -0.2) is 9.97 Å². The van der Waals surface area contributed by atoms with Crippen molar-refractivity contribution in [3.8, 4) is 0 Å². The minimum absolute atomic E-state index is 0.212. The van der Waals surface area contributed by atoms with E-state index in [1.165, 1.54) is 17.8 Å². The van der Waals surface area contributed by atoms with Gasteiger partial charge in [-0.2, -0.15) is 0 Å². The van der Waals surface area contributed by atoms with Crippen LogP contribution in [-0.4, -0.2) is 40.4 Å². The Hall–Kier alpha value is -1.40. The van der Waals surface area contributed by atoms with Gasteiger partial charge >= 0.3 is 0 Å². The van der Waals surface area contributed by atoms with Crippen LogP contribution >= 0.6 is 22.9 Å². The van der Waals surface area contributed by atoms with E-state index in [0.29, 0.717) is 18.8 Å². The van der Waals surface area contributed by atoms with E-state index in [0.717, 1.165) is 36.1 Å². The molecule has 0 bridgehead atoms. The molecule has 1 N–H and O–H groups in total. The molecule has 0 aromatic carbocycles. The fraction of sp³-hybridized carbons (Fsp3) is 0.500. The van der Waals surface area contributed by atoms with E-state index in [2.05, 4.69) is 15.3 Å². The zero-order valence-corrected chi connectivity index (χ0v) is 13.2. The van der Waals surface area contributed by atoms with E-state index in [-0.39, 0.29) is 11.2 Å². The third kappa shape index (κ3) is 3.44. The molecule has 0 aliphatic carbocycles. The molecule has 1 fully saturated rings. The number of amides is 1. The number of piperidine rings is 1. The first-order valence-electron chi connectivity index (χ1n) is 7.16. The number of likely N-dealkylation sites (tertiary alicyclic amines) is 1. The number of hydrogen-bond acceptors (Lipinski definition) is 5. The van der Waals surface area contributed by atoms with Crippen LogP contribution in [0.2, 0.25) is 5.28 Å². The van der Waals surface area contributed by atoms with E-state index in [4.69, 9.17) is 11.6 Å². The van der Waals surface area contributed by atoms with Crippen molar-refractivity contribution in [1.29, 1.82) is 0 Å². The first kappa shape index (κ1) is 14.5. The molecule has 1 aliphatic rings. The first-order chi connectivity index (χ1) is 10.2. The lowest BCUT2D eigenvalue weighted by atomic mass is 10.1. The van der Waals surface area contributed by atoms with E-state index in [1.54, 1.807) is 0 Å². The molecular weight excluding hydrogens is 308 g/mol. The van der Waals surface area contributed by atoms with Gasteiger partial charge in [-0.05, 0) is 42.3 Å². The molecule has 2 aromatic rings. The van der Waals surface area contributed by atoms with Crippen LogP contribution in [0.5, 0.6) is 0 Å². The minimum atomic E-state index is 0.212. The molecule has 0 radical (unpaired) electrons. The van der Waals surface area contributed by atoms with Gasteiger partial charge in [0.1, 0.15) is 10.6 Å². The number of carbonyl (C=O) groups excluding carboxylic acids is 1. The zero-order valence-electron chi connectivity index (χ0n) is 11.6. The first-order valence-corrected chi connectivity index (χ1v) is 8.42. The molecule has 1 saturated heterocycles. The van der Waals surface area contributed by atoms with E-state index in [1.807, 2.05) is 16.3 Å². The summed E-state index contributed by atoms with van der Waals surface area (Å²) < 4.78 is 0. The predicted octanol–water partition coefficient (Wildman–Crippen LogP) is 3.16. The SMILES string of the molecule is O=C(CCNc1nc(Cl)nc2sccc12)N1CCCCC1. The molecule has 0 unspecified atom stereocenters. The van der Waals surface area contributed by atoms with Crippen LogP contribution in [0, 0.1) is 0 Å². The van der Waals surface area contributed by atoms with Crippen molar-refractivity contribution in [1.82, 2.24) is 14.9 Å². The standard InChI is InChI=1S/C14H17ClN4OS/c15-14-17-12(10-5-9-21-13(10)18-14)16-6-4-11(20)19-7-2-1-3-8-19/h5,9H,1-4,6-8H2,(H,16,17,18). The lowest BCUT2D eigenvalue weighted by Crippen LogP contribution is -2.36. The van der Waals surface area contributed by atoms with E-state index in [9.17, 15) is 4.79 Å². The second-order valence-electron chi connectivity index (χ2n) is 5.10. The van der Waals surface area contributed by atoms with Gasteiger partial charge in [-0.15, -0.1) is 11.3 Å². The number of fused-ring (bicyclic) bond motifs is 1. The molecule has 112 valence electrons. The maximum absolute atomic E-state index is 12.1. The van der Waals surface area contributed by atoms with Crippen LogP contribution < -0.4 is 5.32 Å². The average Bonchev–Trinajstić information content (AvgIpc) is 2.96. The summed E-state index contributed by atoms with van der Waals surface area (Å²) in [6.07, 6.45) is 3.96. The van der Waals surface area contributed by atoms with Crippen molar-refractivity contribution >= 4 is 44.9 Å². The lowest BCUT2D eigenvalue weighted by Gasteiger charge is -2.26. The molecule has 0 saturated carbocycles. The Morgan fingerprint density at radius 3 is 2.95 bits per heavy atom. The summed E-state index contributed by atoms with van der Waals surface area (Å²) >= 11 is 7.44. The molecule has 5 nitrogen and oxygen atoms in total. The normalized spacial score (nSPS) is 15.4. The van der Waals surface area contributed by atoms with Gasteiger partial charge in [0, 0.05) is 26.1 Å². The summed E-state index contributed by atoms with van der Waals surface area (Å²) in [7, 11) is 0. The maximum Gasteiger partial charge on any atom is 0.225 e. The van der Waals surface area contributed by atoms with Crippen molar-refractivity contribution in [2.45, 2.75) is 25.7 Å². The van der Waals surface area contributed by atoms with E-state index < -0.39 is 0 Å². The number of nitrogens with one attached hydrogen (secondary N) is 1. The Balaban J connectivity index is 1.59. The highest BCUT2D eigenvalue weighted by Crippen LogP contribution is 2.26. The van der Waals surface area contributed by atoms with E-state index >= 15 is 0 Å². The van der Waals surface area contributed by atoms with Crippen molar-refractivity contribution in [3.63, 3.8) is 0 Å². The van der Waals surface area contributed by atoms with Gasteiger partial charge < -0.3 is 10.2 Å². The Labute approximate surface area is 132 Å². The zero-order chi connectivity index (χ0) is 14.7. The number of anilines is 1. The topological polar surface area (TPSA) is 58.1 Å². The third-order valence-corrected chi connectivity index (χ3v) is 4.61. The van der Waals surface area contributed by atoms with Gasteiger partial charge in [0.2, 0.25) is 11.2 Å². The van der Waals surface area contributed by atoms with Gasteiger partial charge in [0.25, 0.3) is 0 Å². The van der Waals surface area contributed by atoms with Crippen LogP contribution in [0.1, 0.15) is 25.7 Å². The molecule has 3 rings (SSSR count). The molecule has 1 amide bonds. The summed E-state index contributed by atoms with van der Waals surface area (Å²) in [4.78, 5) is 23.3. The third-order valence-electron chi connectivity index (χ3n) is 3.64. The second kappa shape index (κ2) is 6.58. The number of halogens is 1. The second-order valence-corrected chi connectivity index (χ2v) is 6.33. The summed E-state index contributed by atoms with van der Waals surface area (Å²) in [6, 6.07) is 1.96. The van der Waals surface area contributed by atoms with Crippen LogP contribution in [0.25, 0.3) is 10.2 Å². The van der Waals surface area contributed by atoms with Crippen molar-refractivity contribution in [2.75, 3.05) is 25.0 Å². The average molecular weight is 325 g/mol. The number of aromatic nitrogens is 2. The van der Waals surface area contributed by atoms with Gasteiger partial charge in [0.15, 0.2) is 0 Å². The molecule has 3 heterocycles.